The van der Waals surface area contributed by atoms with Crippen LogP contribution in [0.3, 0.4) is 0 Å². The van der Waals surface area contributed by atoms with Gasteiger partial charge >= 0.3 is 5.97 Å². The van der Waals surface area contributed by atoms with E-state index in [2.05, 4.69) is 6.58 Å². The Morgan fingerprint density at radius 3 is 2.42 bits per heavy atom. The monoisotopic (exact) mass is 170 g/mol. The summed E-state index contributed by atoms with van der Waals surface area (Å²) < 4.78 is 4.84. The lowest BCUT2D eigenvalue weighted by Gasteiger charge is -2.10. The molecular weight excluding hydrogens is 156 g/mol. The van der Waals surface area contributed by atoms with E-state index in [1.165, 1.54) is 19.9 Å². The van der Waals surface area contributed by atoms with Crippen LogP contribution in [0, 0.1) is 0 Å². The summed E-state index contributed by atoms with van der Waals surface area (Å²) in [5.41, 5.74) is 0. The first-order valence-corrected chi connectivity index (χ1v) is 3.85. The fraction of sp³-hybridized carbons (Fsp3) is 0.556. The molecular formula is C9H14O3. The summed E-state index contributed by atoms with van der Waals surface area (Å²) >= 11 is 0. The van der Waals surface area contributed by atoms with Crippen molar-refractivity contribution in [1.82, 2.24) is 0 Å². The van der Waals surface area contributed by atoms with Gasteiger partial charge in [0.2, 0.25) is 0 Å². The Balaban J connectivity index is 3.75. The summed E-state index contributed by atoms with van der Waals surface area (Å²) in [6.45, 7) is 6.35. The molecule has 0 rings (SSSR count). The highest BCUT2D eigenvalue weighted by atomic mass is 16.5. The molecule has 0 radical (unpaired) electrons. The molecule has 0 aliphatic heterocycles. The maximum absolute atomic E-state index is 10.6. The van der Waals surface area contributed by atoms with Gasteiger partial charge < -0.3 is 9.53 Å². The van der Waals surface area contributed by atoms with Gasteiger partial charge in [0.15, 0.2) is 0 Å². The van der Waals surface area contributed by atoms with E-state index in [-0.39, 0.29) is 17.9 Å². The first kappa shape index (κ1) is 10.9. The number of carbonyl (C=O) groups is 2. The number of carbonyl (C=O) groups excluding carboxylic acids is 2. The quantitative estimate of drug-likeness (QED) is 0.463. The van der Waals surface area contributed by atoms with Gasteiger partial charge in [0, 0.05) is 13.3 Å². The van der Waals surface area contributed by atoms with E-state index >= 15 is 0 Å². The molecule has 3 heteroatoms. The first-order chi connectivity index (χ1) is 5.56. The third-order valence-corrected chi connectivity index (χ3v) is 1.36. The van der Waals surface area contributed by atoms with Gasteiger partial charge in [0.1, 0.15) is 11.9 Å². The molecule has 0 aliphatic rings. The Bertz CT molecular complexity index is 184. The molecule has 0 bridgehead atoms. The molecule has 68 valence electrons. The van der Waals surface area contributed by atoms with Crippen molar-refractivity contribution in [1.29, 1.82) is 0 Å². The van der Waals surface area contributed by atoms with Crippen LogP contribution in [0.15, 0.2) is 12.7 Å². The van der Waals surface area contributed by atoms with E-state index in [9.17, 15) is 9.59 Å². The molecule has 0 saturated carbocycles. The molecule has 0 fully saturated rings. The van der Waals surface area contributed by atoms with Crippen LogP contribution in [-0.4, -0.2) is 17.9 Å². The van der Waals surface area contributed by atoms with E-state index in [0.717, 1.165) is 0 Å². The molecule has 0 amide bonds. The predicted octanol–water partition coefficient (Wildman–Crippen LogP) is 1.47. The summed E-state index contributed by atoms with van der Waals surface area (Å²) in [6, 6.07) is 0. The van der Waals surface area contributed by atoms with Crippen molar-refractivity contribution in [3.05, 3.63) is 12.7 Å². The lowest BCUT2D eigenvalue weighted by molar-refractivity contribution is -0.144. The number of hydrogen-bond acceptors (Lipinski definition) is 3. The highest BCUT2D eigenvalue weighted by molar-refractivity contribution is 5.75. The number of ether oxygens (including phenoxy) is 1. The summed E-state index contributed by atoms with van der Waals surface area (Å²) in [5.74, 6) is -0.252. The van der Waals surface area contributed by atoms with Gasteiger partial charge in [-0.1, -0.05) is 12.7 Å². The van der Waals surface area contributed by atoms with Crippen LogP contribution >= 0.6 is 0 Å². The van der Waals surface area contributed by atoms with Crippen LogP contribution < -0.4 is 0 Å². The van der Waals surface area contributed by atoms with Crippen molar-refractivity contribution in [2.24, 2.45) is 0 Å². The van der Waals surface area contributed by atoms with Crippen LogP contribution in [-0.2, 0) is 14.3 Å². The lowest BCUT2D eigenvalue weighted by Crippen LogP contribution is -2.14. The Morgan fingerprint density at radius 2 is 2.08 bits per heavy atom. The molecule has 0 aromatic heterocycles. The van der Waals surface area contributed by atoms with Gasteiger partial charge in [-0.15, -0.1) is 0 Å². The molecule has 1 atom stereocenters. The van der Waals surface area contributed by atoms with E-state index in [0.29, 0.717) is 12.8 Å². The lowest BCUT2D eigenvalue weighted by atomic mass is 10.1. The minimum absolute atomic E-state index is 0.0917. The number of rotatable bonds is 5. The molecule has 0 spiro atoms. The molecule has 0 heterocycles. The molecule has 0 saturated heterocycles. The van der Waals surface area contributed by atoms with E-state index < -0.39 is 0 Å². The van der Waals surface area contributed by atoms with Crippen molar-refractivity contribution in [3.8, 4) is 0 Å². The van der Waals surface area contributed by atoms with Crippen LogP contribution in [0.5, 0.6) is 0 Å². The standard InChI is InChI=1S/C9H14O3/c1-4-9(12-8(3)11)6-5-7(2)10/h4,9H,1,5-6H2,2-3H3. The largest absolute Gasteiger partial charge is 0.458 e. The molecule has 12 heavy (non-hydrogen) atoms. The molecule has 1 unspecified atom stereocenters. The van der Waals surface area contributed by atoms with Gasteiger partial charge in [-0.05, 0) is 13.3 Å². The number of esters is 1. The minimum Gasteiger partial charge on any atom is -0.458 e. The van der Waals surface area contributed by atoms with Crippen molar-refractivity contribution in [3.63, 3.8) is 0 Å². The van der Waals surface area contributed by atoms with Gasteiger partial charge in [0.25, 0.3) is 0 Å². The van der Waals surface area contributed by atoms with Crippen LogP contribution in [0.1, 0.15) is 26.7 Å². The zero-order valence-electron chi connectivity index (χ0n) is 7.50. The molecule has 0 aliphatic carbocycles. The predicted molar refractivity (Wildman–Crippen MR) is 45.7 cm³/mol. The van der Waals surface area contributed by atoms with E-state index in [1.54, 1.807) is 0 Å². The first-order valence-electron chi connectivity index (χ1n) is 3.85. The normalized spacial score (nSPS) is 11.8. The highest BCUT2D eigenvalue weighted by Gasteiger charge is 2.07. The SMILES string of the molecule is C=CC(CCC(C)=O)OC(C)=O. The summed E-state index contributed by atoms with van der Waals surface area (Å²) in [5, 5.41) is 0. The van der Waals surface area contributed by atoms with E-state index in [4.69, 9.17) is 4.74 Å². The van der Waals surface area contributed by atoms with Crippen LogP contribution in [0.4, 0.5) is 0 Å². The van der Waals surface area contributed by atoms with Crippen LogP contribution in [0.25, 0.3) is 0 Å². The van der Waals surface area contributed by atoms with Gasteiger partial charge in [-0.3, -0.25) is 4.79 Å². The number of ketones is 1. The maximum Gasteiger partial charge on any atom is 0.303 e. The second-order valence-corrected chi connectivity index (χ2v) is 2.62. The second kappa shape index (κ2) is 5.52. The van der Waals surface area contributed by atoms with Crippen molar-refractivity contribution in [2.75, 3.05) is 0 Å². The smallest absolute Gasteiger partial charge is 0.303 e. The molecule has 0 aromatic rings. The fourth-order valence-corrected chi connectivity index (χ4v) is 0.784. The Hall–Kier alpha value is -1.12. The zero-order chi connectivity index (χ0) is 9.56. The van der Waals surface area contributed by atoms with Crippen molar-refractivity contribution in [2.45, 2.75) is 32.8 Å². The second-order valence-electron chi connectivity index (χ2n) is 2.62. The number of hydrogen-bond donors (Lipinski definition) is 0. The average molecular weight is 170 g/mol. The molecule has 3 nitrogen and oxygen atoms in total. The third kappa shape index (κ3) is 5.65. The Morgan fingerprint density at radius 1 is 1.50 bits per heavy atom. The highest BCUT2D eigenvalue weighted by Crippen LogP contribution is 2.04. The zero-order valence-corrected chi connectivity index (χ0v) is 7.50. The van der Waals surface area contributed by atoms with Crippen molar-refractivity contribution >= 4 is 11.8 Å². The van der Waals surface area contributed by atoms with Gasteiger partial charge in [-0.25, -0.2) is 0 Å². The Labute approximate surface area is 72.4 Å². The molecule has 0 aromatic carbocycles. The topological polar surface area (TPSA) is 43.4 Å². The van der Waals surface area contributed by atoms with Gasteiger partial charge in [0.05, 0.1) is 0 Å². The number of Topliss-reactive ketones (excluding diaryl/α,β-unsaturated/α-hetero) is 1. The fourth-order valence-electron chi connectivity index (χ4n) is 0.784. The third-order valence-electron chi connectivity index (χ3n) is 1.36. The molecule has 0 N–H and O–H groups in total. The van der Waals surface area contributed by atoms with E-state index in [1.807, 2.05) is 0 Å². The summed E-state index contributed by atoms with van der Waals surface area (Å²) in [7, 11) is 0. The van der Waals surface area contributed by atoms with Crippen molar-refractivity contribution < 1.29 is 14.3 Å². The van der Waals surface area contributed by atoms with Crippen LogP contribution in [0.2, 0.25) is 0 Å². The minimum atomic E-state index is -0.344. The maximum atomic E-state index is 10.6. The summed E-state index contributed by atoms with van der Waals surface area (Å²) in [4.78, 5) is 21.1. The summed E-state index contributed by atoms with van der Waals surface area (Å²) in [6.07, 6.45) is 2.15. The average Bonchev–Trinajstić information content (AvgIpc) is 1.97. The Kier molecular flexibility index (Phi) is 5.00. The van der Waals surface area contributed by atoms with Gasteiger partial charge in [-0.2, -0.15) is 0 Å².